The van der Waals surface area contributed by atoms with Gasteiger partial charge in [-0.15, -0.1) is 0 Å². The maximum absolute atomic E-state index is 12.6. The molecule has 6 heteroatoms. The van der Waals surface area contributed by atoms with E-state index in [2.05, 4.69) is 5.32 Å². The Morgan fingerprint density at radius 2 is 1.68 bits per heavy atom. The molecule has 0 aliphatic rings. The van der Waals surface area contributed by atoms with Gasteiger partial charge in [0.05, 0.1) is 5.69 Å². The average molecular weight is 376 g/mol. The van der Waals surface area contributed by atoms with Crippen molar-refractivity contribution < 1.29 is 19.1 Å². The first-order chi connectivity index (χ1) is 13.5. The molecule has 142 valence electrons. The third-order valence-corrected chi connectivity index (χ3v) is 3.86. The minimum atomic E-state index is -0.586. The number of ether oxygens (including phenoxy) is 2. The lowest BCUT2D eigenvalue weighted by Crippen LogP contribution is -2.20. The summed E-state index contributed by atoms with van der Waals surface area (Å²) in [4.78, 5) is 23.5. The molecule has 0 unspecified atom stereocenters. The largest absolute Gasteiger partial charge is 0.484 e. The number of rotatable bonds is 7. The monoisotopic (exact) mass is 376 g/mol. The second-order valence-corrected chi connectivity index (χ2v) is 6.15. The zero-order chi connectivity index (χ0) is 19.9. The van der Waals surface area contributed by atoms with Gasteiger partial charge in [-0.3, -0.25) is 9.59 Å². The molecule has 6 nitrogen and oxygen atoms in total. The van der Waals surface area contributed by atoms with Crippen LogP contribution in [0.15, 0.2) is 72.8 Å². The highest BCUT2D eigenvalue weighted by Crippen LogP contribution is 2.30. The van der Waals surface area contributed by atoms with Crippen LogP contribution in [0.5, 0.6) is 17.2 Å². The number of nitrogens with one attached hydrogen (secondary N) is 1. The van der Waals surface area contributed by atoms with E-state index < -0.39 is 5.91 Å². The standard InChI is InChI=1S/C22H20N2O4/c1-15-9-11-17(12-10-15)28-20-8-3-2-7-19(20)24-22(26)16-5-4-6-18(13-16)27-14-21(23)25/h2-13H,14H2,1H3,(H2,23,25)(H,24,26). The number of benzene rings is 3. The first kappa shape index (κ1) is 19.0. The molecule has 3 N–H and O–H groups in total. The van der Waals surface area contributed by atoms with Crippen molar-refractivity contribution in [2.45, 2.75) is 6.92 Å². The lowest BCUT2D eigenvalue weighted by atomic mass is 10.2. The second kappa shape index (κ2) is 8.73. The first-order valence-corrected chi connectivity index (χ1v) is 8.67. The van der Waals surface area contributed by atoms with E-state index in [0.717, 1.165) is 5.56 Å². The molecule has 0 bridgehead atoms. The van der Waals surface area contributed by atoms with Gasteiger partial charge in [-0.05, 0) is 49.4 Å². The van der Waals surface area contributed by atoms with Gasteiger partial charge in [-0.25, -0.2) is 0 Å². The summed E-state index contributed by atoms with van der Waals surface area (Å²) in [6.45, 7) is 1.75. The molecule has 0 radical (unpaired) electrons. The number of carbonyl (C=O) groups excluding carboxylic acids is 2. The van der Waals surface area contributed by atoms with Crippen molar-refractivity contribution in [1.29, 1.82) is 0 Å². The SMILES string of the molecule is Cc1ccc(Oc2ccccc2NC(=O)c2cccc(OCC(N)=O)c2)cc1. The summed E-state index contributed by atoms with van der Waals surface area (Å²) in [6.07, 6.45) is 0. The zero-order valence-electron chi connectivity index (χ0n) is 15.3. The Kier molecular flexibility index (Phi) is 5.91. The van der Waals surface area contributed by atoms with Gasteiger partial charge in [0.15, 0.2) is 12.4 Å². The van der Waals surface area contributed by atoms with Gasteiger partial charge in [0.25, 0.3) is 11.8 Å². The van der Waals surface area contributed by atoms with Crippen molar-refractivity contribution in [2.24, 2.45) is 5.73 Å². The predicted molar refractivity (Wildman–Crippen MR) is 107 cm³/mol. The van der Waals surface area contributed by atoms with Crippen molar-refractivity contribution in [3.8, 4) is 17.2 Å². The second-order valence-electron chi connectivity index (χ2n) is 6.15. The van der Waals surface area contributed by atoms with Crippen LogP contribution < -0.4 is 20.5 Å². The summed E-state index contributed by atoms with van der Waals surface area (Å²) in [7, 11) is 0. The van der Waals surface area contributed by atoms with E-state index in [1.807, 2.05) is 43.3 Å². The fourth-order valence-electron chi connectivity index (χ4n) is 2.47. The Morgan fingerprint density at radius 3 is 2.43 bits per heavy atom. The molecule has 0 fully saturated rings. The summed E-state index contributed by atoms with van der Waals surface area (Å²) >= 11 is 0. The normalized spacial score (nSPS) is 10.2. The topological polar surface area (TPSA) is 90.7 Å². The minimum absolute atomic E-state index is 0.252. The highest BCUT2D eigenvalue weighted by atomic mass is 16.5. The van der Waals surface area contributed by atoms with E-state index in [9.17, 15) is 9.59 Å². The van der Waals surface area contributed by atoms with Crippen LogP contribution in [0.4, 0.5) is 5.69 Å². The van der Waals surface area contributed by atoms with E-state index in [0.29, 0.717) is 28.5 Å². The van der Waals surface area contributed by atoms with E-state index in [-0.39, 0.29) is 12.5 Å². The van der Waals surface area contributed by atoms with Crippen molar-refractivity contribution in [2.75, 3.05) is 11.9 Å². The molecule has 0 saturated heterocycles. The maximum atomic E-state index is 12.6. The lowest BCUT2D eigenvalue weighted by Gasteiger charge is -2.13. The molecule has 0 spiro atoms. The minimum Gasteiger partial charge on any atom is -0.484 e. The molecule has 0 saturated carbocycles. The Hall–Kier alpha value is -3.80. The number of hydrogen-bond donors (Lipinski definition) is 2. The van der Waals surface area contributed by atoms with Crippen LogP contribution in [0.3, 0.4) is 0 Å². The van der Waals surface area contributed by atoms with Crippen LogP contribution >= 0.6 is 0 Å². The molecule has 3 aromatic rings. The number of anilines is 1. The van der Waals surface area contributed by atoms with Crippen LogP contribution in [-0.4, -0.2) is 18.4 Å². The molecule has 0 atom stereocenters. The molecule has 3 rings (SSSR count). The summed E-state index contributed by atoms with van der Waals surface area (Å²) < 4.78 is 11.1. The molecular weight excluding hydrogens is 356 g/mol. The van der Waals surface area contributed by atoms with Crippen molar-refractivity contribution >= 4 is 17.5 Å². The Bertz CT molecular complexity index is 984. The molecule has 3 aromatic carbocycles. The van der Waals surface area contributed by atoms with Gasteiger partial charge >= 0.3 is 0 Å². The van der Waals surface area contributed by atoms with Crippen LogP contribution in [0.2, 0.25) is 0 Å². The third kappa shape index (κ3) is 5.11. The fraction of sp³-hybridized carbons (Fsp3) is 0.0909. The summed E-state index contributed by atoms with van der Waals surface area (Å²) in [5, 5.41) is 2.84. The summed E-state index contributed by atoms with van der Waals surface area (Å²) in [5.41, 5.74) is 7.12. The Labute approximate surface area is 162 Å². The van der Waals surface area contributed by atoms with Crippen molar-refractivity contribution in [3.05, 3.63) is 83.9 Å². The highest BCUT2D eigenvalue weighted by molar-refractivity contribution is 6.05. The van der Waals surface area contributed by atoms with Gasteiger partial charge in [-0.1, -0.05) is 35.9 Å². The summed E-state index contributed by atoms with van der Waals surface area (Å²) in [5.74, 6) is 0.673. The predicted octanol–water partition coefficient (Wildman–Crippen LogP) is 3.90. The van der Waals surface area contributed by atoms with E-state index in [1.165, 1.54) is 0 Å². The maximum Gasteiger partial charge on any atom is 0.255 e. The van der Waals surface area contributed by atoms with Gasteiger partial charge in [-0.2, -0.15) is 0 Å². The highest BCUT2D eigenvalue weighted by Gasteiger charge is 2.11. The molecule has 0 heterocycles. The number of nitrogens with two attached hydrogens (primary N) is 1. The number of carbonyl (C=O) groups is 2. The quantitative estimate of drug-likeness (QED) is 0.654. The number of aryl methyl sites for hydroxylation is 1. The number of primary amides is 1. The number of para-hydroxylation sites is 2. The fourth-order valence-corrected chi connectivity index (χ4v) is 2.47. The number of amides is 2. The van der Waals surface area contributed by atoms with Gasteiger partial charge in [0.1, 0.15) is 11.5 Å². The molecule has 28 heavy (non-hydrogen) atoms. The van der Waals surface area contributed by atoms with Gasteiger partial charge < -0.3 is 20.5 Å². The van der Waals surface area contributed by atoms with Crippen LogP contribution in [-0.2, 0) is 4.79 Å². The van der Waals surface area contributed by atoms with E-state index >= 15 is 0 Å². The number of hydrogen-bond acceptors (Lipinski definition) is 4. The molecular formula is C22H20N2O4. The molecule has 0 aliphatic heterocycles. The summed E-state index contributed by atoms with van der Waals surface area (Å²) in [6, 6.07) is 21.3. The third-order valence-electron chi connectivity index (χ3n) is 3.86. The molecule has 0 aliphatic carbocycles. The van der Waals surface area contributed by atoms with Crippen molar-refractivity contribution in [3.63, 3.8) is 0 Å². The van der Waals surface area contributed by atoms with E-state index in [1.54, 1.807) is 36.4 Å². The van der Waals surface area contributed by atoms with Crippen molar-refractivity contribution in [1.82, 2.24) is 0 Å². The molecule has 0 aromatic heterocycles. The molecule has 2 amide bonds. The van der Waals surface area contributed by atoms with E-state index in [4.69, 9.17) is 15.2 Å². The van der Waals surface area contributed by atoms with Crippen LogP contribution in [0.25, 0.3) is 0 Å². The zero-order valence-corrected chi connectivity index (χ0v) is 15.3. The first-order valence-electron chi connectivity index (χ1n) is 8.67. The van der Waals surface area contributed by atoms with Crippen LogP contribution in [0.1, 0.15) is 15.9 Å². The average Bonchev–Trinajstić information content (AvgIpc) is 2.70. The van der Waals surface area contributed by atoms with Gasteiger partial charge in [0.2, 0.25) is 0 Å². The lowest BCUT2D eigenvalue weighted by molar-refractivity contribution is -0.119. The van der Waals surface area contributed by atoms with Crippen LogP contribution in [0, 0.1) is 6.92 Å². The Morgan fingerprint density at radius 1 is 0.929 bits per heavy atom. The Balaban J connectivity index is 1.75. The smallest absolute Gasteiger partial charge is 0.255 e. The van der Waals surface area contributed by atoms with Gasteiger partial charge in [0, 0.05) is 5.56 Å².